The number of sulfonamides is 1. The van der Waals surface area contributed by atoms with Crippen LogP contribution in [0.25, 0.3) is 0 Å². The van der Waals surface area contributed by atoms with Gasteiger partial charge >= 0.3 is 0 Å². The van der Waals surface area contributed by atoms with Crippen LogP contribution >= 0.6 is 0 Å². The van der Waals surface area contributed by atoms with Gasteiger partial charge in [0.1, 0.15) is 5.69 Å². The maximum Gasteiger partial charge on any atom is 0.293 e. The van der Waals surface area contributed by atoms with Gasteiger partial charge in [0.25, 0.3) is 15.7 Å². The smallest absolute Gasteiger partial charge is 0.293 e. The van der Waals surface area contributed by atoms with Crippen molar-refractivity contribution in [3.8, 4) is 0 Å². The first-order chi connectivity index (χ1) is 13.9. The van der Waals surface area contributed by atoms with Crippen molar-refractivity contribution in [1.29, 1.82) is 0 Å². The fraction of sp³-hybridized carbons (Fsp3) is 0.368. The zero-order chi connectivity index (χ0) is 20.9. The van der Waals surface area contributed by atoms with Crippen molar-refractivity contribution >= 4 is 21.4 Å². The molecule has 0 radical (unpaired) electrons. The molecule has 0 aliphatic carbocycles. The molecule has 156 valence electrons. The third-order valence-corrected chi connectivity index (χ3v) is 6.42. The first kappa shape index (κ1) is 21.2. The third-order valence-electron chi connectivity index (χ3n) is 4.63. The van der Waals surface area contributed by atoms with E-state index in [9.17, 15) is 23.6 Å². The molecule has 0 bridgehead atoms. The monoisotopic (exact) mass is 421 g/mol. The van der Waals surface area contributed by atoms with Gasteiger partial charge in [-0.2, -0.15) is 0 Å². The molecule has 2 aromatic rings. The fourth-order valence-corrected chi connectivity index (χ4v) is 4.74. The molecule has 1 saturated heterocycles. The summed E-state index contributed by atoms with van der Waals surface area (Å²) in [5.74, 6) is 0. The Morgan fingerprint density at radius 1 is 1.10 bits per heavy atom. The minimum Gasteiger partial charge on any atom is -0.390 e. The lowest BCUT2D eigenvalue weighted by atomic mass is 10.2. The summed E-state index contributed by atoms with van der Waals surface area (Å²) in [7, 11) is -4.12. The zero-order valence-electron chi connectivity index (χ0n) is 15.8. The molecule has 2 aromatic carbocycles. The molecule has 9 nitrogen and oxygen atoms in total. The van der Waals surface area contributed by atoms with Crippen LogP contribution in [-0.2, 0) is 14.8 Å². The quantitative estimate of drug-likeness (QED) is 0.507. The number of ether oxygens (including phenoxy) is 1. The molecule has 1 aliphatic heterocycles. The molecule has 0 aromatic heterocycles. The highest BCUT2D eigenvalue weighted by molar-refractivity contribution is 7.92. The summed E-state index contributed by atoms with van der Waals surface area (Å²) >= 11 is 0. The van der Waals surface area contributed by atoms with Gasteiger partial charge in [0.2, 0.25) is 0 Å². The molecule has 1 heterocycles. The number of aliphatic hydroxyl groups is 1. The molecule has 1 aliphatic rings. The number of anilines is 1. The number of nitrogens with zero attached hydrogens (tertiary/aromatic N) is 3. The van der Waals surface area contributed by atoms with E-state index in [4.69, 9.17) is 4.74 Å². The molecule has 0 spiro atoms. The Labute approximate surface area is 169 Å². The van der Waals surface area contributed by atoms with Gasteiger partial charge in [0.05, 0.1) is 35.7 Å². The lowest BCUT2D eigenvalue weighted by Gasteiger charge is -2.31. The summed E-state index contributed by atoms with van der Waals surface area (Å²) in [4.78, 5) is 12.8. The van der Waals surface area contributed by atoms with Gasteiger partial charge in [0.15, 0.2) is 0 Å². The highest BCUT2D eigenvalue weighted by Crippen LogP contribution is 2.32. The molecule has 29 heavy (non-hydrogen) atoms. The maximum absolute atomic E-state index is 13.3. The number of para-hydroxylation sites is 2. The predicted octanol–water partition coefficient (Wildman–Crippen LogP) is 1.48. The van der Waals surface area contributed by atoms with E-state index in [1.165, 1.54) is 36.4 Å². The summed E-state index contributed by atoms with van der Waals surface area (Å²) in [6, 6.07) is 13.3. The number of rotatable bonds is 8. The lowest BCUT2D eigenvalue weighted by molar-refractivity contribution is -0.384. The van der Waals surface area contributed by atoms with E-state index in [1.54, 1.807) is 18.2 Å². The predicted molar refractivity (Wildman–Crippen MR) is 107 cm³/mol. The molecule has 0 saturated carbocycles. The second-order valence-electron chi connectivity index (χ2n) is 6.66. The lowest BCUT2D eigenvalue weighted by Crippen LogP contribution is -2.46. The number of aliphatic hydroxyl groups excluding tert-OH is 1. The van der Waals surface area contributed by atoms with Crippen LogP contribution in [0.15, 0.2) is 59.5 Å². The SMILES string of the molecule is O=[N+]([O-])c1ccccc1N(CC(O)CN1CCOCC1)S(=O)(=O)c1ccccc1. The van der Waals surface area contributed by atoms with Crippen LogP contribution < -0.4 is 4.31 Å². The van der Waals surface area contributed by atoms with Crippen molar-refractivity contribution in [1.82, 2.24) is 4.90 Å². The van der Waals surface area contributed by atoms with Crippen LogP contribution in [0.1, 0.15) is 0 Å². The number of hydrogen-bond donors (Lipinski definition) is 1. The molecular formula is C19H23N3O6S. The van der Waals surface area contributed by atoms with Crippen LogP contribution in [0.5, 0.6) is 0 Å². The average Bonchev–Trinajstić information content (AvgIpc) is 2.73. The Balaban J connectivity index is 1.95. The van der Waals surface area contributed by atoms with E-state index in [0.29, 0.717) is 26.3 Å². The number of hydrogen-bond acceptors (Lipinski definition) is 7. The molecule has 1 fully saturated rings. The van der Waals surface area contributed by atoms with E-state index in [2.05, 4.69) is 0 Å². The molecule has 0 amide bonds. The number of β-amino-alcohol motifs (C(OH)–C–C–N with tert-alkyl or cyclic N) is 1. The van der Waals surface area contributed by atoms with Crippen molar-refractivity contribution < 1.29 is 23.2 Å². The number of benzene rings is 2. The zero-order valence-corrected chi connectivity index (χ0v) is 16.6. The van der Waals surface area contributed by atoms with Crippen molar-refractivity contribution in [2.75, 3.05) is 43.7 Å². The van der Waals surface area contributed by atoms with Gasteiger partial charge in [0, 0.05) is 25.7 Å². The molecule has 3 rings (SSSR count). The topological polar surface area (TPSA) is 113 Å². The summed E-state index contributed by atoms with van der Waals surface area (Å²) in [6.07, 6.45) is -1.04. The first-order valence-corrected chi connectivity index (χ1v) is 10.6. The van der Waals surface area contributed by atoms with E-state index in [0.717, 1.165) is 4.31 Å². The minimum absolute atomic E-state index is 0.00303. The van der Waals surface area contributed by atoms with Crippen molar-refractivity contribution in [2.45, 2.75) is 11.0 Å². The molecule has 1 atom stereocenters. The van der Waals surface area contributed by atoms with Gasteiger partial charge in [-0.15, -0.1) is 0 Å². The standard InChI is InChI=1S/C19H23N3O6S/c23-16(14-20-10-12-28-13-11-20)15-21(18-8-4-5-9-19(18)22(24)25)29(26,27)17-6-2-1-3-7-17/h1-9,16,23H,10-15H2. The molecule has 1 unspecified atom stereocenters. The summed E-state index contributed by atoms with van der Waals surface area (Å²) in [5, 5.41) is 22.1. The van der Waals surface area contributed by atoms with Crippen LogP contribution in [0.2, 0.25) is 0 Å². The average molecular weight is 421 g/mol. The van der Waals surface area contributed by atoms with E-state index in [-0.39, 0.29) is 29.4 Å². The Morgan fingerprint density at radius 3 is 2.38 bits per heavy atom. The van der Waals surface area contributed by atoms with Gasteiger partial charge < -0.3 is 9.84 Å². The number of nitro benzene ring substituents is 1. The molecule has 1 N–H and O–H groups in total. The minimum atomic E-state index is -4.12. The van der Waals surface area contributed by atoms with Crippen LogP contribution in [0.4, 0.5) is 11.4 Å². The highest BCUT2D eigenvalue weighted by Gasteiger charge is 2.32. The molecule has 10 heteroatoms. The van der Waals surface area contributed by atoms with Crippen LogP contribution in [0, 0.1) is 10.1 Å². The number of nitro groups is 1. The van der Waals surface area contributed by atoms with Crippen LogP contribution in [-0.4, -0.2) is 68.8 Å². The largest absolute Gasteiger partial charge is 0.390 e. The highest BCUT2D eigenvalue weighted by atomic mass is 32.2. The van der Waals surface area contributed by atoms with Gasteiger partial charge in [-0.3, -0.25) is 19.3 Å². The van der Waals surface area contributed by atoms with E-state index >= 15 is 0 Å². The Morgan fingerprint density at radius 2 is 1.72 bits per heavy atom. The van der Waals surface area contributed by atoms with Crippen molar-refractivity contribution in [3.63, 3.8) is 0 Å². The van der Waals surface area contributed by atoms with Gasteiger partial charge in [-0.05, 0) is 18.2 Å². The summed E-state index contributed by atoms with van der Waals surface area (Å²) in [5.41, 5.74) is -0.423. The fourth-order valence-electron chi connectivity index (χ4n) is 3.21. The normalized spacial score (nSPS) is 16.3. The maximum atomic E-state index is 13.3. The summed E-state index contributed by atoms with van der Waals surface area (Å²) in [6.45, 7) is 2.29. The Bertz CT molecular complexity index is 932. The number of morpholine rings is 1. The second-order valence-corrected chi connectivity index (χ2v) is 8.52. The van der Waals surface area contributed by atoms with Crippen LogP contribution in [0.3, 0.4) is 0 Å². The third kappa shape index (κ3) is 5.10. The Kier molecular flexibility index (Phi) is 6.80. The van der Waals surface area contributed by atoms with E-state index < -0.39 is 21.1 Å². The van der Waals surface area contributed by atoms with E-state index in [1.807, 2.05) is 4.90 Å². The first-order valence-electron chi connectivity index (χ1n) is 9.19. The van der Waals surface area contributed by atoms with Gasteiger partial charge in [-0.25, -0.2) is 8.42 Å². The Hall–Kier alpha value is -2.53. The molecular weight excluding hydrogens is 398 g/mol. The van der Waals surface area contributed by atoms with Gasteiger partial charge in [-0.1, -0.05) is 30.3 Å². The summed E-state index contributed by atoms with van der Waals surface area (Å²) < 4.78 is 32.8. The second kappa shape index (κ2) is 9.31. The van der Waals surface area contributed by atoms with Crippen molar-refractivity contribution in [3.05, 3.63) is 64.7 Å². The van der Waals surface area contributed by atoms with Crippen molar-refractivity contribution in [2.24, 2.45) is 0 Å².